The second kappa shape index (κ2) is 8.85. The first-order valence-corrected chi connectivity index (χ1v) is 1.15. The molecule has 0 fully saturated rings. The Kier molecular flexibility index (Phi) is 16.4. The average Bonchev–Trinajstić information content (AvgIpc) is 1.37. The smallest absolute Gasteiger partial charge is 0 e. The molecule has 0 aliphatic heterocycles. The van der Waals surface area contributed by atoms with E-state index in [0.29, 0.717) is 6.54 Å². The quantitative estimate of drug-likeness (QED) is 0.395. The molecule has 5 heavy (non-hydrogen) atoms. The summed E-state index contributed by atoms with van der Waals surface area (Å²) in [6.07, 6.45) is 0. The molecule has 28 valence electrons. The van der Waals surface area contributed by atoms with E-state index < -0.39 is 0 Å². The molecule has 0 saturated heterocycles. The Morgan fingerprint density at radius 2 is 1.80 bits per heavy atom. The summed E-state index contributed by atoms with van der Waals surface area (Å²) in [6.45, 7) is 1.88. The SMILES string of the molecule is N[CH-]CN.[Cd]. The first-order valence-electron chi connectivity index (χ1n) is 1.15. The van der Waals surface area contributed by atoms with E-state index in [2.05, 4.69) is 0 Å². The average molecular weight is 172 g/mol. The van der Waals surface area contributed by atoms with E-state index in [1.807, 2.05) is 0 Å². The van der Waals surface area contributed by atoms with E-state index in [1.54, 1.807) is 0 Å². The Morgan fingerprint density at radius 1 is 1.60 bits per heavy atom. The van der Waals surface area contributed by atoms with Gasteiger partial charge in [0.25, 0.3) is 0 Å². The molecule has 0 radical (unpaired) electrons. The van der Waals surface area contributed by atoms with Gasteiger partial charge in [0.1, 0.15) is 0 Å². The molecule has 0 aromatic rings. The van der Waals surface area contributed by atoms with Crippen molar-refractivity contribution in [2.75, 3.05) is 6.54 Å². The summed E-state index contributed by atoms with van der Waals surface area (Å²) in [5, 5.41) is 0. The standard InChI is InChI=1S/C2H7N2.Cd/c3-1-2-4;/h1H,2-4H2;/q-1;. The minimum atomic E-state index is 0. The second-order valence-corrected chi connectivity index (χ2v) is 0.471. The van der Waals surface area contributed by atoms with Crippen LogP contribution in [0.2, 0.25) is 0 Å². The van der Waals surface area contributed by atoms with E-state index in [1.165, 1.54) is 6.54 Å². The third kappa shape index (κ3) is 11.5. The van der Waals surface area contributed by atoms with Gasteiger partial charge in [-0.15, -0.1) is 6.54 Å². The molecule has 0 bridgehead atoms. The van der Waals surface area contributed by atoms with Gasteiger partial charge >= 0.3 is 0 Å². The van der Waals surface area contributed by atoms with Crippen molar-refractivity contribution in [3.63, 3.8) is 0 Å². The molecule has 0 spiro atoms. The molecule has 3 heteroatoms. The molecule has 0 heterocycles. The van der Waals surface area contributed by atoms with Crippen LogP contribution in [0.15, 0.2) is 0 Å². The van der Waals surface area contributed by atoms with Gasteiger partial charge in [-0.3, -0.25) is 6.54 Å². The fourth-order valence-electron chi connectivity index (χ4n) is 0. The molecule has 0 saturated carbocycles. The van der Waals surface area contributed by atoms with Crippen molar-refractivity contribution < 1.29 is 27.3 Å². The van der Waals surface area contributed by atoms with Crippen LogP contribution in [0.3, 0.4) is 0 Å². The summed E-state index contributed by atoms with van der Waals surface area (Å²) in [6, 6.07) is 0. The summed E-state index contributed by atoms with van der Waals surface area (Å²) < 4.78 is 0. The topological polar surface area (TPSA) is 52.0 Å². The van der Waals surface area contributed by atoms with Crippen LogP contribution in [0.4, 0.5) is 0 Å². The first-order chi connectivity index (χ1) is 1.91. The van der Waals surface area contributed by atoms with Crippen molar-refractivity contribution in [1.29, 1.82) is 0 Å². The van der Waals surface area contributed by atoms with Crippen LogP contribution < -0.4 is 11.5 Å². The summed E-state index contributed by atoms with van der Waals surface area (Å²) in [5.41, 5.74) is 9.62. The number of hydrogen-bond acceptors (Lipinski definition) is 2. The largest absolute Gasteiger partial charge is 0.482 e. The number of nitrogens with two attached hydrogens (primary N) is 2. The monoisotopic (exact) mass is 173 g/mol. The van der Waals surface area contributed by atoms with Crippen LogP contribution in [0, 0.1) is 6.54 Å². The molecule has 0 aliphatic rings. The van der Waals surface area contributed by atoms with Gasteiger partial charge in [-0.2, -0.15) is 0 Å². The van der Waals surface area contributed by atoms with Gasteiger partial charge in [-0.05, 0) is 0 Å². The fraction of sp³-hybridized carbons (Fsp3) is 0.500. The van der Waals surface area contributed by atoms with E-state index in [0.717, 1.165) is 0 Å². The van der Waals surface area contributed by atoms with Gasteiger partial charge in [0.15, 0.2) is 0 Å². The van der Waals surface area contributed by atoms with Gasteiger partial charge in [-0.25, -0.2) is 0 Å². The van der Waals surface area contributed by atoms with Crippen LogP contribution in [-0.2, 0) is 27.3 Å². The van der Waals surface area contributed by atoms with Crippen molar-refractivity contribution in [3.05, 3.63) is 6.54 Å². The number of hydrogen-bond donors (Lipinski definition) is 2. The summed E-state index contributed by atoms with van der Waals surface area (Å²) in [7, 11) is 0. The molecular formula is C2H7CdN2-. The van der Waals surface area contributed by atoms with E-state index in [4.69, 9.17) is 11.5 Å². The van der Waals surface area contributed by atoms with Crippen LogP contribution in [0.1, 0.15) is 0 Å². The van der Waals surface area contributed by atoms with Crippen molar-refractivity contribution in [3.8, 4) is 0 Å². The maximum absolute atomic E-state index is 4.85. The summed E-state index contributed by atoms with van der Waals surface area (Å²) >= 11 is 0. The predicted molar refractivity (Wildman–Crippen MR) is 17.5 cm³/mol. The Morgan fingerprint density at radius 3 is 1.80 bits per heavy atom. The molecule has 0 rings (SSSR count). The normalized spacial score (nSPS) is 6.00. The molecule has 0 aromatic carbocycles. The maximum atomic E-state index is 4.85. The van der Waals surface area contributed by atoms with Gasteiger partial charge < -0.3 is 11.5 Å². The molecular weight excluding hydrogens is 164 g/mol. The van der Waals surface area contributed by atoms with Crippen molar-refractivity contribution in [2.24, 2.45) is 11.5 Å². The third-order valence-electron chi connectivity index (χ3n) is 0.136. The van der Waals surface area contributed by atoms with E-state index in [-0.39, 0.29) is 27.3 Å². The fourth-order valence-corrected chi connectivity index (χ4v) is 0. The van der Waals surface area contributed by atoms with Crippen molar-refractivity contribution >= 4 is 0 Å². The maximum Gasteiger partial charge on any atom is 0 e. The van der Waals surface area contributed by atoms with Crippen LogP contribution >= 0.6 is 0 Å². The zero-order valence-corrected chi connectivity index (χ0v) is 7.18. The third-order valence-corrected chi connectivity index (χ3v) is 0.136. The minimum Gasteiger partial charge on any atom is -0.482 e. The molecule has 2 nitrogen and oxygen atoms in total. The number of rotatable bonds is 1. The van der Waals surface area contributed by atoms with Gasteiger partial charge in [-0.1, -0.05) is 0 Å². The zero-order valence-electron chi connectivity index (χ0n) is 3.15. The van der Waals surface area contributed by atoms with E-state index in [9.17, 15) is 0 Å². The molecule has 0 amide bonds. The van der Waals surface area contributed by atoms with Crippen LogP contribution in [-0.4, -0.2) is 6.54 Å². The van der Waals surface area contributed by atoms with Crippen LogP contribution in [0.25, 0.3) is 0 Å². The molecule has 0 unspecified atom stereocenters. The Hall–Kier alpha value is 0.842. The molecule has 0 aliphatic carbocycles. The molecule has 0 atom stereocenters. The van der Waals surface area contributed by atoms with Crippen molar-refractivity contribution in [2.45, 2.75) is 0 Å². The molecule has 0 aromatic heterocycles. The minimum absolute atomic E-state index is 0. The van der Waals surface area contributed by atoms with Gasteiger partial charge in [0.05, 0.1) is 0 Å². The summed E-state index contributed by atoms with van der Waals surface area (Å²) in [4.78, 5) is 0. The zero-order chi connectivity index (χ0) is 3.41. The van der Waals surface area contributed by atoms with E-state index >= 15 is 0 Å². The Bertz CT molecular complexity index is 9.61. The molecule has 4 N–H and O–H groups in total. The summed E-state index contributed by atoms with van der Waals surface area (Å²) in [5.74, 6) is 0. The Balaban J connectivity index is 0. The van der Waals surface area contributed by atoms with Gasteiger partial charge in [0, 0.05) is 27.3 Å². The second-order valence-electron chi connectivity index (χ2n) is 0.471. The Labute approximate surface area is 52.1 Å². The predicted octanol–water partition coefficient (Wildman–Crippen LogP) is -0.937. The van der Waals surface area contributed by atoms with Gasteiger partial charge in [0.2, 0.25) is 0 Å². The van der Waals surface area contributed by atoms with Crippen LogP contribution in [0.5, 0.6) is 0 Å². The van der Waals surface area contributed by atoms with Crippen molar-refractivity contribution in [1.82, 2.24) is 0 Å². The first kappa shape index (κ1) is 9.28.